The van der Waals surface area contributed by atoms with Gasteiger partial charge in [-0.15, -0.1) is 0 Å². The maximum absolute atomic E-state index is 12.4. The lowest BCUT2D eigenvalue weighted by atomic mass is 10.1. The van der Waals surface area contributed by atoms with Crippen LogP contribution in [0.25, 0.3) is 0 Å². The highest BCUT2D eigenvalue weighted by molar-refractivity contribution is 8.14. The minimum atomic E-state index is -0.0196. The van der Waals surface area contributed by atoms with E-state index in [0.29, 0.717) is 11.6 Å². The number of nitrogens with one attached hydrogen (secondary N) is 1. The Morgan fingerprint density at radius 3 is 2.20 bits per heavy atom. The molecule has 1 N–H and O–H groups in total. The summed E-state index contributed by atoms with van der Waals surface area (Å²) in [7, 11) is 0. The van der Waals surface area contributed by atoms with E-state index in [0.717, 1.165) is 11.3 Å². The molecule has 2 aromatic rings. The van der Waals surface area contributed by atoms with Gasteiger partial charge in [0.05, 0.1) is 5.69 Å². The summed E-state index contributed by atoms with van der Waals surface area (Å²) >= 11 is 1.43. The van der Waals surface area contributed by atoms with Crippen molar-refractivity contribution in [3.05, 3.63) is 66.2 Å². The van der Waals surface area contributed by atoms with Crippen LogP contribution in [0.3, 0.4) is 0 Å². The summed E-state index contributed by atoms with van der Waals surface area (Å²) in [4.78, 5) is 13.9. The highest BCUT2D eigenvalue weighted by Crippen LogP contribution is 2.39. The topological polar surface area (TPSA) is 44.2 Å². The zero-order valence-electron chi connectivity index (χ0n) is 10.8. The highest BCUT2D eigenvalue weighted by Gasteiger charge is 2.32. The maximum Gasteiger partial charge on any atom is 0.234 e. The average molecular weight is 282 g/mol. The van der Waals surface area contributed by atoms with Crippen LogP contribution < -0.4 is 4.90 Å². The zero-order valence-corrected chi connectivity index (χ0v) is 11.6. The van der Waals surface area contributed by atoms with Gasteiger partial charge in [-0.1, -0.05) is 60.3 Å². The summed E-state index contributed by atoms with van der Waals surface area (Å²) < 4.78 is 0. The van der Waals surface area contributed by atoms with Crippen LogP contribution in [0.5, 0.6) is 0 Å². The summed E-state index contributed by atoms with van der Waals surface area (Å²) in [5, 5.41) is 8.49. The number of amidine groups is 1. The molecule has 3 nitrogen and oxygen atoms in total. The standard InChI is InChI=1S/C16H14N2OS/c17-16-18(13-9-5-2-6-10-13)15(19)11-14(20-16)12-7-3-1-4-8-12/h1-10,14,17H,11H2/t14-/m0/s1. The highest BCUT2D eigenvalue weighted by atomic mass is 32.2. The van der Waals surface area contributed by atoms with Gasteiger partial charge >= 0.3 is 0 Å². The van der Waals surface area contributed by atoms with Crippen molar-refractivity contribution in [2.75, 3.05) is 4.90 Å². The molecule has 0 aliphatic carbocycles. The van der Waals surface area contributed by atoms with Gasteiger partial charge in [-0.3, -0.25) is 15.1 Å². The van der Waals surface area contributed by atoms with Crippen molar-refractivity contribution in [3.63, 3.8) is 0 Å². The van der Waals surface area contributed by atoms with E-state index in [2.05, 4.69) is 0 Å². The molecule has 20 heavy (non-hydrogen) atoms. The van der Waals surface area contributed by atoms with E-state index in [1.807, 2.05) is 60.7 Å². The Kier molecular flexibility index (Phi) is 3.56. The Bertz CT molecular complexity index is 609. The molecule has 2 aromatic carbocycles. The number of amides is 1. The van der Waals surface area contributed by atoms with Crippen molar-refractivity contribution in [1.82, 2.24) is 0 Å². The zero-order chi connectivity index (χ0) is 13.9. The lowest BCUT2D eigenvalue weighted by Gasteiger charge is -2.31. The molecule has 1 aliphatic heterocycles. The number of nitrogens with zero attached hydrogens (tertiary/aromatic N) is 1. The first-order valence-corrected chi connectivity index (χ1v) is 7.32. The minimum absolute atomic E-state index is 0.0196. The fraction of sp³-hybridized carbons (Fsp3) is 0.125. The molecular weight excluding hydrogens is 268 g/mol. The van der Waals surface area contributed by atoms with Crippen molar-refractivity contribution >= 4 is 28.5 Å². The van der Waals surface area contributed by atoms with Gasteiger partial charge in [-0.25, -0.2) is 0 Å². The second-order valence-electron chi connectivity index (χ2n) is 4.59. The Labute approximate surface area is 122 Å². The average Bonchev–Trinajstić information content (AvgIpc) is 2.48. The smallest absolute Gasteiger partial charge is 0.234 e. The molecule has 1 heterocycles. The van der Waals surface area contributed by atoms with E-state index >= 15 is 0 Å². The normalized spacial score (nSPS) is 19.2. The van der Waals surface area contributed by atoms with Crippen molar-refractivity contribution in [2.24, 2.45) is 0 Å². The van der Waals surface area contributed by atoms with Gasteiger partial charge in [0.1, 0.15) is 0 Å². The van der Waals surface area contributed by atoms with Crippen LogP contribution in [0, 0.1) is 5.41 Å². The van der Waals surface area contributed by atoms with Crippen molar-refractivity contribution in [3.8, 4) is 0 Å². The van der Waals surface area contributed by atoms with E-state index in [-0.39, 0.29) is 11.2 Å². The van der Waals surface area contributed by atoms with Gasteiger partial charge in [-0.2, -0.15) is 0 Å². The second-order valence-corrected chi connectivity index (χ2v) is 5.78. The Hall–Kier alpha value is -2.07. The quantitative estimate of drug-likeness (QED) is 0.909. The van der Waals surface area contributed by atoms with Crippen LogP contribution in [-0.4, -0.2) is 11.1 Å². The molecule has 100 valence electrons. The van der Waals surface area contributed by atoms with E-state index in [1.54, 1.807) is 0 Å². The van der Waals surface area contributed by atoms with Gasteiger partial charge in [0.25, 0.3) is 0 Å². The van der Waals surface area contributed by atoms with E-state index in [4.69, 9.17) is 5.41 Å². The van der Waals surface area contributed by atoms with Gasteiger partial charge in [0.15, 0.2) is 5.17 Å². The van der Waals surface area contributed by atoms with Crippen molar-refractivity contribution in [1.29, 1.82) is 5.41 Å². The Morgan fingerprint density at radius 2 is 1.60 bits per heavy atom. The number of rotatable bonds is 2. The number of thioether (sulfide) groups is 1. The Balaban J connectivity index is 1.84. The summed E-state index contributed by atoms with van der Waals surface area (Å²) in [6, 6.07) is 19.3. The third-order valence-electron chi connectivity index (χ3n) is 3.25. The van der Waals surface area contributed by atoms with Crippen molar-refractivity contribution < 1.29 is 4.79 Å². The number of carbonyl (C=O) groups is 1. The lowest BCUT2D eigenvalue weighted by Crippen LogP contribution is -2.39. The molecule has 0 radical (unpaired) electrons. The summed E-state index contributed by atoms with van der Waals surface area (Å²) in [5.41, 5.74) is 1.87. The Morgan fingerprint density at radius 1 is 1.00 bits per heavy atom. The molecule has 1 aliphatic rings. The fourth-order valence-corrected chi connectivity index (χ4v) is 3.39. The molecular formula is C16H14N2OS. The van der Waals surface area contributed by atoms with Gasteiger partial charge in [0.2, 0.25) is 5.91 Å². The number of carbonyl (C=O) groups excluding carboxylic acids is 1. The number of hydrogen-bond donors (Lipinski definition) is 1. The summed E-state index contributed by atoms with van der Waals surface area (Å²) in [5.74, 6) is -0.0196. The van der Waals surface area contributed by atoms with Crippen molar-refractivity contribution in [2.45, 2.75) is 11.7 Å². The number of benzene rings is 2. The van der Waals surface area contributed by atoms with E-state index < -0.39 is 0 Å². The fourth-order valence-electron chi connectivity index (χ4n) is 2.28. The third kappa shape index (κ3) is 2.47. The molecule has 4 heteroatoms. The molecule has 3 rings (SSSR count). The first kappa shape index (κ1) is 12.9. The molecule has 0 spiro atoms. The van der Waals surface area contributed by atoms with Crippen LogP contribution in [-0.2, 0) is 4.79 Å². The predicted molar refractivity (Wildman–Crippen MR) is 83.0 cm³/mol. The molecule has 0 unspecified atom stereocenters. The largest absolute Gasteiger partial charge is 0.278 e. The maximum atomic E-state index is 12.4. The SMILES string of the molecule is N=C1S[C@H](c2ccccc2)CC(=O)N1c1ccccc1. The molecule has 1 fully saturated rings. The minimum Gasteiger partial charge on any atom is -0.278 e. The summed E-state index contributed by atoms with van der Waals surface area (Å²) in [6.45, 7) is 0. The first-order valence-electron chi connectivity index (χ1n) is 6.44. The molecule has 0 aromatic heterocycles. The van der Waals surface area contributed by atoms with Crippen LogP contribution in [0.1, 0.15) is 17.2 Å². The lowest BCUT2D eigenvalue weighted by molar-refractivity contribution is -0.117. The van der Waals surface area contributed by atoms with Gasteiger partial charge in [-0.05, 0) is 17.7 Å². The third-order valence-corrected chi connectivity index (χ3v) is 4.38. The number of anilines is 1. The molecule has 0 bridgehead atoms. The van der Waals surface area contributed by atoms with Crippen LogP contribution >= 0.6 is 11.8 Å². The van der Waals surface area contributed by atoms with Crippen LogP contribution in [0.4, 0.5) is 5.69 Å². The van der Waals surface area contributed by atoms with Gasteiger partial charge < -0.3 is 0 Å². The predicted octanol–water partition coefficient (Wildman–Crippen LogP) is 3.83. The van der Waals surface area contributed by atoms with E-state index in [9.17, 15) is 4.79 Å². The summed E-state index contributed by atoms with van der Waals surface area (Å²) in [6.07, 6.45) is 0.423. The first-order chi connectivity index (χ1) is 9.75. The molecule has 1 saturated heterocycles. The van der Waals surface area contributed by atoms with Crippen LogP contribution in [0.15, 0.2) is 60.7 Å². The number of para-hydroxylation sites is 1. The molecule has 0 saturated carbocycles. The monoisotopic (exact) mass is 282 g/mol. The number of hydrogen-bond acceptors (Lipinski definition) is 3. The second kappa shape index (κ2) is 5.51. The molecule has 1 atom stereocenters. The van der Waals surface area contributed by atoms with E-state index in [1.165, 1.54) is 16.7 Å². The van der Waals surface area contributed by atoms with Gasteiger partial charge in [0, 0.05) is 11.7 Å². The van der Waals surface area contributed by atoms with Crippen LogP contribution in [0.2, 0.25) is 0 Å². The molecule has 1 amide bonds.